The van der Waals surface area contributed by atoms with E-state index in [0.717, 1.165) is 19.3 Å². The van der Waals surface area contributed by atoms with Gasteiger partial charge in [-0.25, -0.2) is 8.37 Å². The molecule has 0 aliphatic heterocycles. The predicted octanol–water partition coefficient (Wildman–Crippen LogP) is 7.32. The molecule has 0 aliphatic carbocycles. The van der Waals surface area contributed by atoms with E-state index in [0.29, 0.717) is 6.42 Å². The highest BCUT2D eigenvalue weighted by molar-refractivity contribution is 7.81. The Morgan fingerprint density at radius 1 is 0.667 bits per heavy atom. The molecule has 0 amide bonds. The molecule has 0 fully saturated rings. The molecule has 0 saturated carbocycles. The first-order valence-electron chi connectivity index (χ1n) is 11.5. The molecule has 0 aromatic carbocycles. The van der Waals surface area contributed by atoms with Crippen molar-refractivity contribution in [3.63, 3.8) is 0 Å². The molecule has 0 radical (unpaired) electrons. The molecule has 0 aromatic heterocycles. The van der Waals surface area contributed by atoms with Crippen LogP contribution in [0.3, 0.4) is 0 Å². The lowest BCUT2D eigenvalue weighted by atomic mass is 9.95. The first-order chi connectivity index (χ1) is 12.9. The van der Waals surface area contributed by atoms with E-state index in [4.69, 9.17) is 8.37 Å². The van der Waals surface area contributed by atoms with Gasteiger partial charge in [0.2, 0.25) is 0 Å². The molecule has 1 atom stereocenters. The molecule has 0 aliphatic rings. The SMILES string of the molecule is CCCCCCCCCCCCCCCCC(C)(CC)OS(=O)(=O)OCC. The lowest BCUT2D eigenvalue weighted by Crippen LogP contribution is -2.31. The summed E-state index contributed by atoms with van der Waals surface area (Å²) in [7, 11) is -3.87. The second kappa shape index (κ2) is 16.8. The standard InChI is InChI=1S/C22H46O4S/c1-5-8-9-10-11-12-13-14-15-16-17-18-19-20-21-22(4,6-2)26-27(23,24)25-7-3/h5-21H2,1-4H3. The lowest BCUT2D eigenvalue weighted by molar-refractivity contribution is 0.0568. The summed E-state index contributed by atoms with van der Waals surface area (Å²) in [5, 5.41) is 0. The Morgan fingerprint density at radius 3 is 1.44 bits per heavy atom. The summed E-state index contributed by atoms with van der Waals surface area (Å²) >= 11 is 0. The van der Waals surface area contributed by atoms with Crippen molar-refractivity contribution in [2.45, 2.75) is 136 Å². The van der Waals surface area contributed by atoms with E-state index in [1.165, 1.54) is 77.0 Å². The zero-order valence-electron chi connectivity index (χ0n) is 18.6. The van der Waals surface area contributed by atoms with Crippen molar-refractivity contribution in [2.24, 2.45) is 0 Å². The minimum Gasteiger partial charge on any atom is -0.248 e. The van der Waals surface area contributed by atoms with Crippen LogP contribution in [0.2, 0.25) is 0 Å². The van der Waals surface area contributed by atoms with Crippen LogP contribution in [0.15, 0.2) is 0 Å². The highest BCUT2D eigenvalue weighted by Gasteiger charge is 2.29. The highest BCUT2D eigenvalue weighted by Crippen LogP contribution is 2.26. The zero-order valence-corrected chi connectivity index (χ0v) is 19.4. The fourth-order valence-electron chi connectivity index (χ4n) is 3.39. The molecule has 4 nitrogen and oxygen atoms in total. The highest BCUT2D eigenvalue weighted by atomic mass is 32.3. The van der Waals surface area contributed by atoms with Gasteiger partial charge >= 0.3 is 10.4 Å². The second-order valence-corrected chi connectivity index (χ2v) is 9.27. The van der Waals surface area contributed by atoms with Crippen molar-refractivity contribution in [3.8, 4) is 0 Å². The van der Waals surface area contributed by atoms with Crippen LogP contribution in [0.1, 0.15) is 130 Å². The monoisotopic (exact) mass is 406 g/mol. The van der Waals surface area contributed by atoms with E-state index in [1.54, 1.807) is 6.92 Å². The molecular weight excluding hydrogens is 360 g/mol. The Kier molecular flexibility index (Phi) is 16.7. The summed E-state index contributed by atoms with van der Waals surface area (Å²) in [4.78, 5) is 0. The number of unbranched alkanes of at least 4 members (excludes halogenated alkanes) is 13. The van der Waals surface area contributed by atoms with Crippen LogP contribution in [0, 0.1) is 0 Å². The van der Waals surface area contributed by atoms with Crippen LogP contribution < -0.4 is 0 Å². The van der Waals surface area contributed by atoms with Gasteiger partial charge in [-0.05, 0) is 26.7 Å². The third-order valence-corrected chi connectivity index (χ3v) is 6.50. The van der Waals surface area contributed by atoms with Gasteiger partial charge in [-0.1, -0.05) is 104 Å². The van der Waals surface area contributed by atoms with E-state index in [9.17, 15) is 8.42 Å². The lowest BCUT2D eigenvalue weighted by Gasteiger charge is -2.27. The summed E-state index contributed by atoms with van der Waals surface area (Å²) in [6.45, 7) is 7.86. The molecule has 0 heterocycles. The Bertz CT molecular complexity index is 422. The maximum absolute atomic E-state index is 11.7. The molecule has 0 saturated heterocycles. The fourth-order valence-corrected chi connectivity index (χ4v) is 4.42. The molecule has 0 aromatic rings. The summed E-state index contributed by atoms with van der Waals surface area (Å²) < 4.78 is 33.4. The van der Waals surface area contributed by atoms with E-state index in [2.05, 4.69) is 6.92 Å². The smallest absolute Gasteiger partial charge is 0.248 e. The van der Waals surface area contributed by atoms with Crippen LogP contribution in [0.4, 0.5) is 0 Å². The summed E-state index contributed by atoms with van der Waals surface area (Å²) in [6.07, 6.45) is 19.9. The molecular formula is C22H46O4S. The predicted molar refractivity (Wildman–Crippen MR) is 115 cm³/mol. The van der Waals surface area contributed by atoms with Crippen molar-refractivity contribution in [1.82, 2.24) is 0 Å². The summed E-state index contributed by atoms with van der Waals surface area (Å²) in [6, 6.07) is 0. The summed E-state index contributed by atoms with van der Waals surface area (Å²) in [5.41, 5.74) is -0.648. The quantitative estimate of drug-likeness (QED) is 0.199. The molecule has 0 rings (SSSR count). The number of hydrogen-bond donors (Lipinski definition) is 0. The number of rotatable bonds is 20. The molecule has 0 N–H and O–H groups in total. The Labute approximate surface area is 170 Å². The average molecular weight is 407 g/mol. The van der Waals surface area contributed by atoms with E-state index >= 15 is 0 Å². The van der Waals surface area contributed by atoms with Crippen LogP contribution in [-0.2, 0) is 18.8 Å². The maximum atomic E-state index is 11.7. The number of hydrogen-bond acceptors (Lipinski definition) is 4. The van der Waals surface area contributed by atoms with Gasteiger partial charge in [-0.2, -0.15) is 8.42 Å². The van der Waals surface area contributed by atoms with Gasteiger partial charge in [0.15, 0.2) is 0 Å². The van der Waals surface area contributed by atoms with Crippen molar-refractivity contribution in [2.75, 3.05) is 6.61 Å². The minimum atomic E-state index is -3.87. The van der Waals surface area contributed by atoms with Crippen LogP contribution in [0.25, 0.3) is 0 Å². The van der Waals surface area contributed by atoms with Crippen molar-refractivity contribution < 1.29 is 16.8 Å². The molecule has 27 heavy (non-hydrogen) atoms. The van der Waals surface area contributed by atoms with E-state index < -0.39 is 16.0 Å². The second-order valence-electron chi connectivity index (χ2n) is 8.05. The zero-order chi connectivity index (χ0) is 20.4. The molecule has 0 spiro atoms. The van der Waals surface area contributed by atoms with E-state index in [-0.39, 0.29) is 6.61 Å². The van der Waals surface area contributed by atoms with Crippen molar-refractivity contribution >= 4 is 10.4 Å². The third kappa shape index (κ3) is 16.5. The fraction of sp³-hybridized carbons (Fsp3) is 1.00. The van der Waals surface area contributed by atoms with Gasteiger partial charge in [-0.3, -0.25) is 0 Å². The van der Waals surface area contributed by atoms with Gasteiger partial charge in [-0.15, -0.1) is 0 Å². The van der Waals surface area contributed by atoms with Crippen LogP contribution in [-0.4, -0.2) is 20.6 Å². The van der Waals surface area contributed by atoms with Crippen molar-refractivity contribution in [3.05, 3.63) is 0 Å². The van der Waals surface area contributed by atoms with Gasteiger partial charge in [0.1, 0.15) is 0 Å². The minimum absolute atomic E-state index is 0.112. The Morgan fingerprint density at radius 2 is 1.07 bits per heavy atom. The van der Waals surface area contributed by atoms with Gasteiger partial charge in [0.05, 0.1) is 12.2 Å². The van der Waals surface area contributed by atoms with Crippen LogP contribution in [0.5, 0.6) is 0 Å². The Hall–Kier alpha value is -0.130. The normalized spacial score (nSPS) is 14.4. The molecule has 5 heteroatoms. The van der Waals surface area contributed by atoms with Gasteiger partial charge in [0.25, 0.3) is 0 Å². The average Bonchev–Trinajstić information content (AvgIpc) is 2.61. The van der Waals surface area contributed by atoms with Crippen molar-refractivity contribution in [1.29, 1.82) is 0 Å². The first kappa shape index (κ1) is 26.9. The largest absolute Gasteiger partial charge is 0.400 e. The first-order valence-corrected chi connectivity index (χ1v) is 12.8. The van der Waals surface area contributed by atoms with Gasteiger partial charge in [0, 0.05) is 0 Å². The molecule has 0 bridgehead atoms. The maximum Gasteiger partial charge on any atom is 0.400 e. The molecule has 164 valence electrons. The van der Waals surface area contributed by atoms with Crippen LogP contribution >= 0.6 is 0 Å². The Balaban J connectivity index is 3.59. The third-order valence-electron chi connectivity index (χ3n) is 5.37. The van der Waals surface area contributed by atoms with E-state index in [1.807, 2.05) is 13.8 Å². The van der Waals surface area contributed by atoms with Gasteiger partial charge < -0.3 is 0 Å². The summed E-state index contributed by atoms with van der Waals surface area (Å²) in [5.74, 6) is 0. The molecule has 1 unspecified atom stereocenters. The topological polar surface area (TPSA) is 52.6 Å².